The van der Waals surface area contributed by atoms with Crippen molar-refractivity contribution in [1.29, 1.82) is 5.26 Å². The SMILES string of the molecule is COCC(F)(F)O[C@@H]1[C@H](N)[C@@H](COP(OCCC#N)N(C(C)C)C(C)C)O[C@H]1n1cnc2c(NC(=O)c3ccccc3)ncnc21. The fourth-order valence-corrected chi connectivity index (χ4v) is 6.63. The van der Waals surface area contributed by atoms with E-state index in [1.165, 1.54) is 17.2 Å². The van der Waals surface area contributed by atoms with Crippen LogP contribution >= 0.6 is 8.53 Å². The van der Waals surface area contributed by atoms with Crippen molar-refractivity contribution in [2.24, 2.45) is 5.73 Å². The number of alkyl halides is 2. The molecule has 46 heavy (non-hydrogen) atoms. The Bertz CT molecular complexity index is 1470. The molecule has 3 N–H and O–H groups in total. The summed E-state index contributed by atoms with van der Waals surface area (Å²) in [5.41, 5.74) is 7.30. The van der Waals surface area contributed by atoms with E-state index in [0.717, 1.165) is 7.11 Å². The summed E-state index contributed by atoms with van der Waals surface area (Å²) in [6.45, 7) is 6.98. The number of hydrogen-bond donors (Lipinski definition) is 2. The van der Waals surface area contributed by atoms with Crippen LogP contribution in [0.1, 0.15) is 50.7 Å². The highest BCUT2D eigenvalue weighted by molar-refractivity contribution is 7.44. The molecule has 1 aliphatic heterocycles. The molecule has 17 heteroatoms. The molecule has 1 aromatic carbocycles. The second-order valence-electron chi connectivity index (χ2n) is 11.0. The fourth-order valence-electron chi connectivity index (χ4n) is 5.01. The van der Waals surface area contributed by atoms with E-state index in [9.17, 15) is 13.6 Å². The number of methoxy groups -OCH3 is 1. The van der Waals surface area contributed by atoms with Gasteiger partial charge in [-0.2, -0.15) is 14.0 Å². The van der Waals surface area contributed by atoms with Gasteiger partial charge in [-0.3, -0.25) is 9.36 Å². The van der Waals surface area contributed by atoms with Gasteiger partial charge in [-0.25, -0.2) is 19.6 Å². The van der Waals surface area contributed by atoms with E-state index in [-0.39, 0.29) is 48.7 Å². The highest BCUT2D eigenvalue weighted by Crippen LogP contribution is 2.47. The number of carbonyl (C=O) groups excluding carboxylic acids is 1. The van der Waals surface area contributed by atoms with Gasteiger partial charge >= 0.3 is 6.11 Å². The van der Waals surface area contributed by atoms with E-state index in [1.807, 2.05) is 38.4 Å². The second kappa shape index (κ2) is 16.0. The van der Waals surface area contributed by atoms with Crippen LogP contribution in [0.4, 0.5) is 14.6 Å². The van der Waals surface area contributed by atoms with Crippen molar-refractivity contribution in [3.05, 3.63) is 48.5 Å². The molecular formula is C29H39F2N8O6P. The van der Waals surface area contributed by atoms with Gasteiger partial charge in [0.25, 0.3) is 14.4 Å². The Balaban J connectivity index is 1.62. The lowest BCUT2D eigenvalue weighted by Gasteiger charge is -2.36. The van der Waals surface area contributed by atoms with Crippen molar-refractivity contribution < 1.29 is 36.8 Å². The monoisotopic (exact) mass is 664 g/mol. The Morgan fingerprint density at radius 1 is 1.20 bits per heavy atom. The van der Waals surface area contributed by atoms with Crippen molar-refractivity contribution in [2.45, 2.75) is 76.8 Å². The largest absolute Gasteiger partial charge is 0.379 e. The molecule has 1 saturated heterocycles. The summed E-state index contributed by atoms with van der Waals surface area (Å²) in [4.78, 5) is 25.6. The van der Waals surface area contributed by atoms with E-state index in [2.05, 4.69) is 25.0 Å². The molecule has 1 amide bonds. The van der Waals surface area contributed by atoms with Crippen LogP contribution in [-0.2, 0) is 23.3 Å². The predicted octanol–water partition coefficient (Wildman–Crippen LogP) is 4.22. The minimum atomic E-state index is -3.70. The first kappa shape index (κ1) is 35.6. The fraction of sp³-hybridized carbons (Fsp3) is 0.552. The third-order valence-electron chi connectivity index (χ3n) is 6.94. The standard InChI is InChI=1S/C29H39F2N8O6P/c1-18(2)39(19(3)4)46(42-13-9-12-32)43-14-21-22(33)24(45-29(30,31)15-41-5)28(44-21)38-17-36-23-25(34-16-35-26(23)38)37-27(40)20-10-7-6-8-11-20/h6-8,10-11,16-19,21-22,24,28H,9,13-15,33H2,1-5H3,(H,34,35,37,40)/t21-,22-,24-,28-,46?/m1/s1. The van der Waals surface area contributed by atoms with Crippen LogP contribution in [0.25, 0.3) is 11.2 Å². The number of anilines is 1. The summed E-state index contributed by atoms with van der Waals surface area (Å²) in [5.74, 6) is -0.304. The molecule has 1 unspecified atom stereocenters. The van der Waals surface area contributed by atoms with E-state index in [0.29, 0.717) is 5.56 Å². The lowest BCUT2D eigenvalue weighted by Crippen LogP contribution is -2.47. The zero-order valence-electron chi connectivity index (χ0n) is 26.2. The molecule has 250 valence electrons. The number of nitrogens with two attached hydrogens (primary N) is 1. The van der Waals surface area contributed by atoms with Crippen LogP contribution in [-0.4, -0.2) is 93.5 Å². The summed E-state index contributed by atoms with van der Waals surface area (Å²) < 4.78 is 61.3. The van der Waals surface area contributed by atoms with Crippen LogP contribution in [0.2, 0.25) is 0 Å². The molecule has 1 aliphatic rings. The van der Waals surface area contributed by atoms with Crippen molar-refractivity contribution in [3.8, 4) is 6.07 Å². The first-order chi connectivity index (χ1) is 22.0. The lowest BCUT2D eigenvalue weighted by molar-refractivity contribution is -0.293. The smallest absolute Gasteiger partial charge is 0.376 e. The number of imidazole rings is 1. The van der Waals surface area contributed by atoms with Crippen molar-refractivity contribution in [2.75, 3.05) is 32.2 Å². The molecule has 0 saturated carbocycles. The topological polar surface area (TPSA) is 172 Å². The van der Waals surface area contributed by atoms with Gasteiger partial charge in [0.1, 0.15) is 25.1 Å². The van der Waals surface area contributed by atoms with E-state index >= 15 is 0 Å². The van der Waals surface area contributed by atoms with Gasteiger partial charge in [0.2, 0.25) is 0 Å². The van der Waals surface area contributed by atoms with Gasteiger partial charge in [0.05, 0.1) is 38.1 Å². The Labute approximate surface area is 267 Å². The van der Waals surface area contributed by atoms with Crippen molar-refractivity contribution in [1.82, 2.24) is 24.2 Å². The third-order valence-corrected chi connectivity index (χ3v) is 9.01. The summed E-state index contributed by atoms with van der Waals surface area (Å²) in [5, 5.41) is 11.7. The maximum atomic E-state index is 14.8. The third kappa shape index (κ3) is 8.55. The quantitative estimate of drug-likeness (QED) is 0.165. The van der Waals surface area contributed by atoms with Gasteiger partial charge in [-0.05, 0) is 39.8 Å². The Morgan fingerprint density at radius 3 is 2.57 bits per heavy atom. The van der Waals surface area contributed by atoms with Crippen LogP contribution in [0.5, 0.6) is 0 Å². The van der Waals surface area contributed by atoms with E-state index < -0.39 is 51.6 Å². The summed E-state index contributed by atoms with van der Waals surface area (Å²) in [7, 11) is -0.528. The minimum absolute atomic E-state index is 0.0384. The summed E-state index contributed by atoms with van der Waals surface area (Å²) >= 11 is 0. The number of rotatable bonds is 16. The Kier molecular flexibility index (Phi) is 12.4. The number of aromatic nitrogens is 4. The zero-order valence-corrected chi connectivity index (χ0v) is 27.1. The first-order valence-electron chi connectivity index (χ1n) is 14.7. The van der Waals surface area contributed by atoms with Crippen LogP contribution < -0.4 is 11.1 Å². The molecule has 0 bridgehead atoms. The maximum Gasteiger partial charge on any atom is 0.379 e. The van der Waals surface area contributed by atoms with Crippen molar-refractivity contribution in [3.63, 3.8) is 0 Å². The maximum absolute atomic E-state index is 14.8. The van der Waals surface area contributed by atoms with Crippen LogP contribution in [0.3, 0.4) is 0 Å². The number of fused-ring (bicyclic) bond motifs is 1. The highest BCUT2D eigenvalue weighted by atomic mass is 31.2. The van der Waals surface area contributed by atoms with Gasteiger partial charge < -0.3 is 34.3 Å². The van der Waals surface area contributed by atoms with Crippen molar-refractivity contribution >= 4 is 31.4 Å². The minimum Gasteiger partial charge on any atom is -0.376 e. The van der Waals surface area contributed by atoms with Gasteiger partial charge in [-0.1, -0.05) is 18.2 Å². The number of ether oxygens (including phenoxy) is 3. The Hall–Kier alpha value is -3.26. The average molecular weight is 665 g/mol. The molecule has 0 spiro atoms. The molecule has 14 nitrogen and oxygen atoms in total. The van der Waals surface area contributed by atoms with Crippen LogP contribution in [0.15, 0.2) is 43.0 Å². The molecule has 2 aromatic heterocycles. The summed E-state index contributed by atoms with van der Waals surface area (Å²) in [6, 6.07) is 9.56. The predicted molar refractivity (Wildman–Crippen MR) is 164 cm³/mol. The first-order valence-corrected chi connectivity index (χ1v) is 15.8. The number of nitrogens with one attached hydrogen (secondary N) is 1. The van der Waals surface area contributed by atoms with Gasteiger partial charge in [0, 0.05) is 24.8 Å². The number of nitrogens with zero attached hydrogens (tertiary/aromatic N) is 6. The number of nitriles is 1. The number of hydrogen-bond acceptors (Lipinski definition) is 12. The molecule has 3 heterocycles. The number of benzene rings is 1. The highest BCUT2D eigenvalue weighted by Gasteiger charge is 2.50. The average Bonchev–Trinajstić information content (AvgIpc) is 3.57. The second-order valence-corrected chi connectivity index (χ2v) is 12.5. The normalized spacial score (nSPS) is 20.9. The molecule has 3 aromatic rings. The Morgan fingerprint density at radius 2 is 1.91 bits per heavy atom. The van der Waals surface area contributed by atoms with Crippen LogP contribution in [0, 0.1) is 11.3 Å². The number of halogens is 2. The van der Waals surface area contributed by atoms with Gasteiger partial charge in [0.15, 0.2) is 23.2 Å². The molecule has 0 aliphatic carbocycles. The molecule has 0 radical (unpaired) electrons. The molecule has 1 fully saturated rings. The zero-order chi connectivity index (χ0) is 33.4. The van der Waals surface area contributed by atoms with Gasteiger partial charge in [-0.15, -0.1) is 0 Å². The molecule has 4 rings (SSSR count). The number of amides is 1. The lowest BCUT2D eigenvalue weighted by atomic mass is 10.1. The number of carbonyl (C=O) groups is 1. The van der Waals surface area contributed by atoms with E-state index in [1.54, 1.807) is 30.3 Å². The molecular weight excluding hydrogens is 625 g/mol. The molecule has 5 atom stereocenters. The van der Waals surface area contributed by atoms with E-state index in [4.69, 9.17) is 29.5 Å². The summed E-state index contributed by atoms with van der Waals surface area (Å²) in [6.07, 6.45) is -4.53.